The highest BCUT2D eigenvalue weighted by Gasteiger charge is 2.24. The minimum atomic E-state index is -1.51. The molecule has 0 aliphatic heterocycles. The molecule has 0 radical (unpaired) electrons. The Morgan fingerprint density at radius 3 is 2.54 bits per heavy atom. The molecule has 0 unspecified atom stereocenters. The van der Waals surface area contributed by atoms with E-state index >= 15 is 0 Å². The van der Waals surface area contributed by atoms with E-state index in [1.807, 2.05) is 6.26 Å². The van der Waals surface area contributed by atoms with Crippen LogP contribution in [0.1, 0.15) is 5.56 Å². The van der Waals surface area contributed by atoms with Gasteiger partial charge in [-0.05, 0) is 31.4 Å². The summed E-state index contributed by atoms with van der Waals surface area (Å²) in [6.07, 6.45) is 4.78. The SMILES string of the molecule is CSc1nccc(-c2cccnc2Oc2c(C)c(F)c(N)c(F)c2F)n1. The van der Waals surface area contributed by atoms with E-state index in [2.05, 4.69) is 15.0 Å². The predicted molar refractivity (Wildman–Crippen MR) is 92.6 cm³/mol. The molecule has 0 aliphatic rings. The second-order valence-electron chi connectivity index (χ2n) is 5.20. The van der Waals surface area contributed by atoms with Crippen LogP contribution in [-0.2, 0) is 0 Å². The van der Waals surface area contributed by atoms with Gasteiger partial charge in [-0.25, -0.2) is 23.7 Å². The third-order valence-electron chi connectivity index (χ3n) is 3.60. The van der Waals surface area contributed by atoms with Gasteiger partial charge in [0.2, 0.25) is 11.7 Å². The molecule has 2 aromatic heterocycles. The predicted octanol–water partition coefficient (Wildman–Crippen LogP) is 4.36. The zero-order valence-electron chi connectivity index (χ0n) is 13.8. The summed E-state index contributed by atoms with van der Waals surface area (Å²) < 4.78 is 47.5. The Balaban J connectivity index is 2.11. The van der Waals surface area contributed by atoms with Crippen molar-refractivity contribution in [1.82, 2.24) is 15.0 Å². The molecule has 26 heavy (non-hydrogen) atoms. The lowest BCUT2D eigenvalue weighted by molar-refractivity contribution is 0.397. The molecular weight excluding hydrogens is 365 g/mol. The van der Waals surface area contributed by atoms with E-state index in [4.69, 9.17) is 10.5 Å². The largest absolute Gasteiger partial charge is 0.435 e. The molecule has 0 saturated carbocycles. The quantitative estimate of drug-likeness (QED) is 0.315. The van der Waals surface area contributed by atoms with E-state index in [9.17, 15) is 13.2 Å². The van der Waals surface area contributed by atoms with Crippen LogP contribution in [0.3, 0.4) is 0 Å². The van der Waals surface area contributed by atoms with Crippen molar-refractivity contribution in [3.63, 3.8) is 0 Å². The zero-order valence-corrected chi connectivity index (χ0v) is 14.6. The average Bonchev–Trinajstić information content (AvgIpc) is 2.68. The average molecular weight is 378 g/mol. The molecule has 0 fully saturated rings. The maximum atomic E-state index is 14.2. The topological polar surface area (TPSA) is 73.9 Å². The number of nitrogens with zero attached hydrogens (tertiary/aromatic N) is 3. The number of anilines is 1. The van der Waals surface area contributed by atoms with Crippen molar-refractivity contribution >= 4 is 17.4 Å². The van der Waals surface area contributed by atoms with Gasteiger partial charge in [0.15, 0.2) is 22.5 Å². The van der Waals surface area contributed by atoms with Gasteiger partial charge in [-0.2, -0.15) is 4.39 Å². The number of benzene rings is 1. The van der Waals surface area contributed by atoms with Crippen molar-refractivity contribution in [3.05, 3.63) is 53.6 Å². The Kier molecular flexibility index (Phi) is 4.99. The Bertz CT molecular complexity index is 955. The molecule has 0 spiro atoms. The lowest BCUT2D eigenvalue weighted by Crippen LogP contribution is -2.05. The van der Waals surface area contributed by atoms with E-state index in [1.54, 1.807) is 24.4 Å². The van der Waals surface area contributed by atoms with Gasteiger partial charge in [0, 0.05) is 18.0 Å². The molecule has 2 heterocycles. The fraction of sp³-hybridized carbons (Fsp3) is 0.118. The third kappa shape index (κ3) is 3.17. The summed E-state index contributed by atoms with van der Waals surface area (Å²) in [4.78, 5) is 12.4. The third-order valence-corrected chi connectivity index (χ3v) is 4.16. The molecule has 3 aromatic rings. The number of hydrogen-bond acceptors (Lipinski definition) is 6. The van der Waals surface area contributed by atoms with Crippen LogP contribution in [0.4, 0.5) is 18.9 Å². The van der Waals surface area contributed by atoms with E-state index in [1.165, 1.54) is 24.9 Å². The number of nitrogens with two attached hydrogens (primary N) is 1. The van der Waals surface area contributed by atoms with Crippen LogP contribution in [-0.4, -0.2) is 21.2 Å². The van der Waals surface area contributed by atoms with Gasteiger partial charge in [-0.15, -0.1) is 0 Å². The highest BCUT2D eigenvalue weighted by molar-refractivity contribution is 7.98. The fourth-order valence-electron chi connectivity index (χ4n) is 2.25. The van der Waals surface area contributed by atoms with E-state index < -0.39 is 28.9 Å². The molecule has 3 rings (SSSR count). The van der Waals surface area contributed by atoms with Gasteiger partial charge in [0.1, 0.15) is 5.69 Å². The van der Waals surface area contributed by atoms with Crippen LogP contribution >= 0.6 is 11.8 Å². The minimum Gasteiger partial charge on any atom is -0.435 e. The Labute approximate surface area is 151 Å². The smallest absolute Gasteiger partial charge is 0.228 e. The first-order chi connectivity index (χ1) is 12.4. The van der Waals surface area contributed by atoms with Gasteiger partial charge in [0.05, 0.1) is 11.3 Å². The summed E-state index contributed by atoms with van der Waals surface area (Å²) in [5, 5.41) is 0.518. The van der Waals surface area contributed by atoms with Gasteiger partial charge in [0.25, 0.3) is 0 Å². The van der Waals surface area contributed by atoms with Crippen molar-refractivity contribution < 1.29 is 17.9 Å². The number of ether oxygens (including phenoxy) is 1. The van der Waals surface area contributed by atoms with E-state index in [0.717, 1.165) is 0 Å². The van der Waals surface area contributed by atoms with Crippen LogP contribution in [0.2, 0.25) is 0 Å². The number of rotatable bonds is 4. The lowest BCUT2D eigenvalue weighted by atomic mass is 10.1. The van der Waals surface area contributed by atoms with Gasteiger partial charge >= 0.3 is 0 Å². The van der Waals surface area contributed by atoms with Crippen LogP contribution in [0.5, 0.6) is 11.6 Å². The summed E-state index contributed by atoms with van der Waals surface area (Å²) in [7, 11) is 0. The Hall–Kier alpha value is -2.81. The van der Waals surface area contributed by atoms with Crippen LogP contribution < -0.4 is 10.5 Å². The number of halogens is 3. The molecule has 5 nitrogen and oxygen atoms in total. The van der Waals surface area contributed by atoms with E-state index in [0.29, 0.717) is 16.4 Å². The number of hydrogen-bond donors (Lipinski definition) is 1. The van der Waals surface area contributed by atoms with Crippen LogP contribution in [0.25, 0.3) is 11.3 Å². The molecule has 0 amide bonds. The minimum absolute atomic E-state index is 0.0520. The number of nitrogen functional groups attached to an aromatic ring is 1. The molecule has 1 aromatic carbocycles. The molecule has 9 heteroatoms. The maximum Gasteiger partial charge on any atom is 0.228 e. The number of aromatic nitrogens is 3. The van der Waals surface area contributed by atoms with Crippen LogP contribution in [0, 0.1) is 24.4 Å². The molecule has 0 bridgehead atoms. The van der Waals surface area contributed by atoms with Crippen molar-refractivity contribution in [2.24, 2.45) is 0 Å². The van der Waals surface area contributed by atoms with Gasteiger partial charge in [-0.1, -0.05) is 11.8 Å². The molecule has 0 saturated heterocycles. The number of thioether (sulfide) groups is 1. The Morgan fingerprint density at radius 1 is 1.04 bits per heavy atom. The normalized spacial score (nSPS) is 10.8. The fourth-order valence-corrected chi connectivity index (χ4v) is 2.61. The van der Waals surface area contributed by atoms with Crippen molar-refractivity contribution in [3.8, 4) is 22.9 Å². The monoisotopic (exact) mass is 378 g/mol. The first-order valence-corrected chi connectivity index (χ1v) is 8.59. The molecular formula is C17H13F3N4OS. The summed E-state index contributed by atoms with van der Waals surface area (Å²) >= 11 is 1.34. The van der Waals surface area contributed by atoms with Crippen LogP contribution in [0.15, 0.2) is 35.7 Å². The first-order valence-electron chi connectivity index (χ1n) is 7.36. The number of pyridine rings is 1. The second kappa shape index (κ2) is 7.20. The van der Waals surface area contributed by atoms with Crippen molar-refractivity contribution in [2.45, 2.75) is 12.1 Å². The standard InChI is InChI=1S/C17H13F3N4OS/c1-8-11(18)14(21)12(19)13(20)15(8)25-16-9(4-3-6-22-16)10-5-7-23-17(24-10)26-2/h3-7H,21H2,1-2H3. The molecule has 134 valence electrons. The van der Waals surface area contributed by atoms with Gasteiger partial charge < -0.3 is 10.5 Å². The van der Waals surface area contributed by atoms with Crippen molar-refractivity contribution in [1.29, 1.82) is 0 Å². The highest BCUT2D eigenvalue weighted by atomic mass is 32.2. The van der Waals surface area contributed by atoms with Crippen molar-refractivity contribution in [2.75, 3.05) is 12.0 Å². The first kappa shape index (κ1) is 18.0. The summed E-state index contributed by atoms with van der Waals surface area (Å²) in [6.45, 7) is 1.24. The summed E-state index contributed by atoms with van der Waals surface area (Å²) in [5.74, 6) is -4.64. The lowest BCUT2D eigenvalue weighted by Gasteiger charge is -2.14. The summed E-state index contributed by atoms with van der Waals surface area (Å²) in [5.41, 5.74) is 4.96. The summed E-state index contributed by atoms with van der Waals surface area (Å²) in [6, 6.07) is 4.90. The zero-order chi connectivity index (χ0) is 18.8. The Morgan fingerprint density at radius 2 is 1.81 bits per heavy atom. The second-order valence-corrected chi connectivity index (χ2v) is 5.97. The molecule has 0 atom stereocenters. The highest BCUT2D eigenvalue weighted by Crippen LogP contribution is 2.37. The molecule has 0 aliphatic carbocycles. The van der Waals surface area contributed by atoms with E-state index in [-0.39, 0.29) is 11.4 Å². The maximum absolute atomic E-state index is 14.2. The molecule has 2 N–H and O–H groups in total. The van der Waals surface area contributed by atoms with Gasteiger partial charge in [-0.3, -0.25) is 0 Å².